The topological polar surface area (TPSA) is 171 Å². The van der Waals surface area contributed by atoms with Crippen molar-refractivity contribution in [2.24, 2.45) is 22.7 Å². The van der Waals surface area contributed by atoms with E-state index < -0.39 is 72.7 Å². The van der Waals surface area contributed by atoms with Crippen LogP contribution in [0.5, 0.6) is 0 Å². The first-order valence-electron chi connectivity index (χ1n) is 17.8. The van der Waals surface area contributed by atoms with E-state index >= 15 is 0 Å². The minimum absolute atomic E-state index is 0.0140. The van der Waals surface area contributed by atoms with Crippen molar-refractivity contribution in [3.05, 3.63) is 0 Å². The lowest BCUT2D eigenvalue weighted by Crippen LogP contribution is -2.67. The maximum atomic E-state index is 14.4. The Balaban J connectivity index is 1.34. The van der Waals surface area contributed by atoms with Crippen molar-refractivity contribution in [1.29, 1.82) is 0 Å². The average Bonchev–Trinajstić information content (AvgIpc) is 3.79. The van der Waals surface area contributed by atoms with Crippen LogP contribution in [-0.2, 0) is 29.0 Å². The molecule has 0 aromatic heterocycles. The molecule has 5 fully saturated rings. The molecule has 5 aliphatic rings. The summed E-state index contributed by atoms with van der Waals surface area (Å²) in [5, 5.41) is 11.6. The first-order valence-corrected chi connectivity index (χ1v) is 19.5. The summed E-state index contributed by atoms with van der Waals surface area (Å²) >= 11 is 0. The van der Waals surface area contributed by atoms with Crippen molar-refractivity contribution >= 4 is 39.4 Å². The van der Waals surface area contributed by atoms with Crippen molar-refractivity contribution in [3.8, 4) is 0 Å². The quantitative estimate of drug-likeness (QED) is 0.255. The third-order valence-corrected chi connectivity index (χ3v) is 14.7. The molecule has 0 spiro atoms. The second-order valence-electron chi connectivity index (χ2n) is 18.0. The molecule has 1 heterocycles. The highest BCUT2D eigenvalue weighted by atomic mass is 32.2. The lowest BCUT2D eigenvalue weighted by Gasteiger charge is -2.43. The molecule has 13 heteroatoms. The Bertz CT molecular complexity index is 1450. The van der Waals surface area contributed by atoms with E-state index in [1.165, 1.54) is 0 Å². The van der Waals surface area contributed by atoms with E-state index in [0.29, 0.717) is 38.6 Å². The zero-order valence-corrected chi connectivity index (χ0v) is 30.9. The third-order valence-electron chi connectivity index (χ3n) is 11.9. The highest BCUT2D eigenvalue weighted by molar-refractivity contribution is 7.92. The predicted molar refractivity (Wildman–Crippen MR) is 181 cm³/mol. The maximum Gasteiger partial charge on any atom is 0.315 e. The number of carbonyl (C=O) groups is 5. The molecule has 5 rings (SSSR count). The summed E-state index contributed by atoms with van der Waals surface area (Å²) in [6.45, 7) is 15.0. The van der Waals surface area contributed by atoms with Gasteiger partial charge >= 0.3 is 6.03 Å². The number of rotatable bonds is 10. The van der Waals surface area contributed by atoms with Crippen molar-refractivity contribution in [2.75, 3.05) is 12.3 Å². The predicted octanol–water partition coefficient (Wildman–Crippen LogP) is 2.99. The van der Waals surface area contributed by atoms with Crippen LogP contribution in [-0.4, -0.2) is 89.1 Å². The SMILES string of the molecule is CC1(C)C2CN(C(=O)[C@H](NC(=O)NC3(CS(=O)(=O)C(C)(C)C)CCCCC3)C(C)(C)C)[C@H](C(=O)NC3(C(=O)C(=O)NC4CC4)CCC3)C21. The van der Waals surface area contributed by atoms with E-state index in [0.717, 1.165) is 32.1 Å². The second kappa shape index (κ2) is 12.3. The minimum atomic E-state index is -3.56. The van der Waals surface area contributed by atoms with E-state index in [4.69, 9.17) is 0 Å². The smallest absolute Gasteiger partial charge is 0.315 e. The summed E-state index contributed by atoms with van der Waals surface area (Å²) in [5.74, 6) is -2.39. The highest BCUT2D eigenvalue weighted by Gasteiger charge is 2.70. The summed E-state index contributed by atoms with van der Waals surface area (Å²) in [5.41, 5.74) is -3.16. The summed E-state index contributed by atoms with van der Waals surface area (Å²) in [4.78, 5) is 69.9. The van der Waals surface area contributed by atoms with Crippen LogP contribution < -0.4 is 21.3 Å². The summed E-state index contributed by atoms with van der Waals surface area (Å²) in [6.07, 6.45) is 6.71. The van der Waals surface area contributed by atoms with Crippen LogP contribution in [0.3, 0.4) is 0 Å². The Labute approximate surface area is 286 Å². The summed E-state index contributed by atoms with van der Waals surface area (Å²) in [7, 11) is -3.56. The number of urea groups is 1. The molecule has 0 radical (unpaired) electrons. The molecular formula is C35H57N5O7S. The number of likely N-dealkylation sites (tertiary alicyclic amines) is 1. The number of fused-ring (bicyclic) bond motifs is 1. The number of amides is 5. The number of Topliss-reactive ketones (excluding diaryl/α,β-unsaturated/α-hetero) is 1. The van der Waals surface area contributed by atoms with Gasteiger partial charge in [-0.15, -0.1) is 0 Å². The molecule has 4 aliphatic carbocycles. The average molecular weight is 692 g/mol. The molecule has 5 amide bonds. The zero-order valence-electron chi connectivity index (χ0n) is 30.1. The normalized spacial score (nSPS) is 27.8. The molecule has 1 aliphatic heterocycles. The molecule has 4 saturated carbocycles. The third kappa shape index (κ3) is 6.99. The van der Waals surface area contributed by atoms with Crippen LogP contribution in [0.1, 0.15) is 120 Å². The lowest BCUT2D eigenvalue weighted by molar-refractivity contribution is -0.149. The number of nitrogens with one attached hydrogen (secondary N) is 4. The molecule has 1 saturated heterocycles. The first kappa shape index (κ1) is 36.6. The van der Waals surface area contributed by atoms with Crippen LogP contribution in [0, 0.1) is 22.7 Å². The second-order valence-corrected chi connectivity index (χ2v) is 20.7. The van der Waals surface area contributed by atoms with Gasteiger partial charge in [-0.1, -0.05) is 53.9 Å². The van der Waals surface area contributed by atoms with Gasteiger partial charge in [-0.25, -0.2) is 13.2 Å². The van der Waals surface area contributed by atoms with Gasteiger partial charge in [-0.3, -0.25) is 19.2 Å². The van der Waals surface area contributed by atoms with Gasteiger partial charge in [0.15, 0.2) is 9.84 Å². The monoisotopic (exact) mass is 691 g/mol. The van der Waals surface area contributed by atoms with Gasteiger partial charge < -0.3 is 26.2 Å². The minimum Gasteiger partial charge on any atom is -0.347 e. The molecule has 12 nitrogen and oxygen atoms in total. The van der Waals surface area contributed by atoms with Crippen LogP contribution in [0.25, 0.3) is 0 Å². The number of nitrogens with zero attached hydrogens (tertiary/aromatic N) is 1. The fraction of sp³-hybridized carbons (Fsp3) is 0.857. The number of carbonyl (C=O) groups excluding carboxylic acids is 5. The van der Waals surface area contributed by atoms with Crippen molar-refractivity contribution in [2.45, 2.75) is 154 Å². The van der Waals surface area contributed by atoms with Crippen molar-refractivity contribution < 1.29 is 32.4 Å². The Morgan fingerprint density at radius 2 is 1.46 bits per heavy atom. The molecule has 270 valence electrons. The van der Waals surface area contributed by atoms with E-state index in [1.54, 1.807) is 25.7 Å². The Morgan fingerprint density at radius 3 is 1.96 bits per heavy atom. The van der Waals surface area contributed by atoms with Crippen LogP contribution in [0.2, 0.25) is 0 Å². The molecule has 4 N–H and O–H groups in total. The zero-order chi connectivity index (χ0) is 35.7. The molecule has 0 aromatic carbocycles. The van der Waals surface area contributed by atoms with Crippen molar-refractivity contribution in [3.63, 3.8) is 0 Å². The molecule has 48 heavy (non-hydrogen) atoms. The molecule has 4 atom stereocenters. The Morgan fingerprint density at radius 1 is 0.854 bits per heavy atom. The maximum absolute atomic E-state index is 14.4. The van der Waals surface area contributed by atoms with E-state index in [1.807, 2.05) is 20.8 Å². The van der Waals surface area contributed by atoms with E-state index in [9.17, 15) is 32.4 Å². The fourth-order valence-corrected chi connectivity index (χ4v) is 9.62. The van der Waals surface area contributed by atoms with Crippen LogP contribution in [0.4, 0.5) is 4.79 Å². The largest absolute Gasteiger partial charge is 0.347 e. The van der Waals surface area contributed by atoms with Crippen molar-refractivity contribution in [1.82, 2.24) is 26.2 Å². The Kier molecular flexibility index (Phi) is 9.34. The number of ketones is 1. The highest BCUT2D eigenvalue weighted by Crippen LogP contribution is 2.65. The van der Waals surface area contributed by atoms with Gasteiger partial charge in [0.05, 0.1) is 16.0 Å². The van der Waals surface area contributed by atoms with E-state index in [2.05, 4.69) is 35.1 Å². The van der Waals surface area contributed by atoms with Crippen LogP contribution >= 0.6 is 0 Å². The first-order chi connectivity index (χ1) is 22.0. The van der Waals surface area contributed by atoms with E-state index in [-0.39, 0.29) is 29.0 Å². The number of piperidine rings is 1. The van der Waals surface area contributed by atoms with Crippen LogP contribution in [0.15, 0.2) is 0 Å². The molecular weight excluding hydrogens is 634 g/mol. The van der Waals surface area contributed by atoms with Gasteiger partial charge in [0, 0.05) is 12.6 Å². The Hall–Kier alpha value is -2.70. The van der Waals surface area contributed by atoms with Gasteiger partial charge in [0.2, 0.25) is 17.6 Å². The number of hydrogen-bond acceptors (Lipinski definition) is 7. The molecule has 0 bridgehead atoms. The van der Waals surface area contributed by atoms with Gasteiger partial charge in [-0.2, -0.15) is 0 Å². The number of hydrogen-bond donors (Lipinski definition) is 4. The van der Waals surface area contributed by atoms with Gasteiger partial charge in [0.1, 0.15) is 17.6 Å². The summed E-state index contributed by atoms with van der Waals surface area (Å²) in [6, 6.07) is -2.47. The summed E-state index contributed by atoms with van der Waals surface area (Å²) < 4.78 is 25.6. The van der Waals surface area contributed by atoms with Gasteiger partial charge in [-0.05, 0) is 88.4 Å². The lowest BCUT2D eigenvalue weighted by atomic mass is 9.73. The fourth-order valence-electron chi connectivity index (χ4n) is 8.09. The molecule has 0 aromatic rings. The number of sulfone groups is 1. The molecule has 2 unspecified atom stereocenters. The standard InChI is InChI=1S/C35H57N5O7S/c1-31(2,3)25(37-30(45)39-34(15-10-9-11-16-34)20-48(46,47)32(4,5)6)29(44)40-19-22-23(33(22,7)8)24(40)27(42)38-35(17-12-18-35)26(41)28(43)36-21-13-14-21/h21-25H,9-20H2,1-8H3,(H,36,43)(H,38,42)(H2,37,39,45)/t22?,23?,24-,25-/m0/s1. The van der Waals surface area contributed by atoms with Gasteiger partial charge in [0.25, 0.3) is 5.91 Å².